The summed E-state index contributed by atoms with van der Waals surface area (Å²) < 4.78 is 15.6. The van der Waals surface area contributed by atoms with Gasteiger partial charge in [0.2, 0.25) is 0 Å². The van der Waals surface area contributed by atoms with Crippen molar-refractivity contribution in [1.29, 1.82) is 0 Å². The molecular weight excluding hydrogens is 270 g/mol. The van der Waals surface area contributed by atoms with Gasteiger partial charge in [0.1, 0.15) is 0 Å². The monoisotopic (exact) mass is 301 g/mol. The lowest BCUT2D eigenvalue weighted by molar-refractivity contribution is 0.0689. The second-order valence-corrected chi connectivity index (χ2v) is 5.34. The highest BCUT2D eigenvalue weighted by atomic mass is 16.5. The zero-order valence-electron chi connectivity index (χ0n) is 13.8. The molecule has 0 aliphatic carbocycles. The third kappa shape index (κ3) is 7.64. The van der Waals surface area contributed by atoms with E-state index in [4.69, 9.17) is 14.2 Å². The zero-order valence-corrected chi connectivity index (χ0v) is 13.8. The van der Waals surface area contributed by atoms with E-state index in [1.165, 1.54) is 6.42 Å². The normalized spacial score (nSPS) is 19.3. The van der Waals surface area contributed by atoms with E-state index < -0.39 is 0 Å². The van der Waals surface area contributed by atoms with Crippen molar-refractivity contribution in [3.63, 3.8) is 0 Å². The van der Waals surface area contributed by atoms with Gasteiger partial charge in [-0.05, 0) is 19.3 Å². The summed E-state index contributed by atoms with van der Waals surface area (Å²) in [4.78, 5) is 6.68. The fourth-order valence-electron chi connectivity index (χ4n) is 2.50. The van der Waals surface area contributed by atoms with Gasteiger partial charge in [-0.15, -0.1) is 0 Å². The minimum Gasteiger partial charge on any atom is -0.384 e. The number of unbranched alkanes of at least 4 members (excludes halogenated alkanes) is 1. The molecule has 1 rings (SSSR count). The number of aliphatic imine (C=N–C) groups is 1. The van der Waals surface area contributed by atoms with Crippen molar-refractivity contribution < 1.29 is 14.2 Å². The smallest absolute Gasteiger partial charge is 0.193 e. The number of nitrogens with one attached hydrogen (secondary N) is 1. The van der Waals surface area contributed by atoms with E-state index in [9.17, 15) is 0 Å². The molecule has 6 heteroatoms. The second kappa shape index (κ2) is 11.8. The van der Waals surface area contributed by atoms with Crippen LogP contribution in [0.25, 0.3) is 0 Å². The molecule has 1 unspecified atom stereocenters. The van der Waals surface area contributed by atoms with Gasteiger partial charge in [-0.1, -0.05) is 0 Å². The Morgan fingerprint density at radius 1 is 1.19 bits per heavy atom. The van der Waals surface area contributed by atoms with Crippen molar-refractivity contribution in [2.75, 3.05) is 67.3 Å². The summed E-state index contributed by atoms with van der Waals surface area (Å²) in [5, 5.41) is 3.43. The highest BCUT2D eigenvalue weighted by molar-refractivity contribution is 5.80. The predicted octanol–water partition coefficient (Wildman–Crippen LogP) is 0.973. The Kier molecular flexibility index (Phi) is 10.2. The first kappa shape index (κ1) is 18.2. The summed E-state index contributed by atoms with van der Waals surface area (Å²) in [6, 6.07) is 0. The van der Waals surface area contributed by atoms with Crippen LogP contribution < -0.4 is 5.32 Å². The summed E-state index contributed by atoms with van der Waals surface area (Å²) in [5.74, 6) is 1.64. The molecule has 0 aromatic rings. The highest BCUT2D eigenvalue weighted by Crippen LogP contribution is 2.16. The van der Waals surface area contributed by atoms with Crippen LogP contribution in [0.1, 0.15) is 19.3 Å². The molecule has 0 bridgehead atoms. The van der Waals surface area contributed by atoms with Crippen molar-refractivity contribution >= 4 is 5.96 Å². The summed E-state index contributed by atoms with van der Waals surface area (Å²) in [6.45, 7) is 6.02. The van der Waals surface area contributed by atoms with E-state index in [1.54, 1.807) is 14.2 Å². The van der Waals surface area contributed by atoms with Crippen molar-refractivity contribution in [1.82, 2.24) is 10.2 Å². The van der Waals surface area contributed by atoms with Gasteiger partial charge in [-0.3, -0.25) is 4.99 Å². The largest absolute Gasteiger partial charge is 0.384 e. The van der Waals surface area contributed by atoms with Gasteiger partial charge in [0.25, 0.3) is 0 Å². The van der Waals surface area contributed by atoms with Crippen LogP contribution in [0.3, 0.4) is 0 Å². The molecule has 1 atom stereocenters. The number of hydrogen-bond acceptors (Lipinski definition) is 4. The third-order valence-electron chi connectivity index (χ3n) is 3.63. The van der Waals surface area contributed by atoms with E-state index in [0.717, 1.165) is 51.6 Å². The first-order valence-electron chi connectivity index (χ1n) is 7.83. The quantitative estimate of drug-likeness (QED) is 0.370. The summed E-state index contributed by atoms with van der Waals surface area (Å²) in [5.41, 5.74) is 0. The molecule has 1 heterocycles. The standard InChI is InChI=1S/C15H31N3O3/c1-16-15(18-8-6-14(12-18)13-20-3)17-7-4-5-9-21-11-10-19-2/h14H,4-13H2,1-3H3,(H,16,17). The fraction of sp³-hybridized carbons (Fsp3) is 0.933. The van der Waals surface area contributed by atoms with Gasteiger partial charge in [0.15, 0.2) is 5.96 Å². The Morgan fingerprint density at radius 2 is 2.05 bits per heavy atom. The number of likely N-dealkylation sites (tertiary alicyclic amines) is 1. The van der Waals surface area contributed by atoms with Crippen molar-refractivity contribution in [2.45, 2.75) is 19.3 Å². The van der Waals surface area contributed by atoms with Crippen molar-refractivity contribution in [3.05, 3.63) is 0 Å². The zero-order chi connectivity index (χ0) is 15.3. The molecule has 6 nitrogen and oxygen atoms in total. The van der Waals surface area contributed by atoms with Gasteiger partial charge in [-0.25, -0.2) is 0 Å². The highest BCUT2D eigenvalue weighted by Gasteiger charge is 2.24. The van der Waals surface area contributed by atoms with Gasteiger partial charge >= 0.3 is 0 Å². The molecule has 0 saturated carbocycles. The van der Waals surface area contributed by atoms with Crippen LogP contribution in [0.4, 0.5) is 0 Å². The second-order valence-electron chi connectivity index (χ2n) is 5.34. The molecule has 1 fully saturated rings. The van der Waals surface area contributed by atoms with Crippen molar-refractivity contribution in [2.24, 2.45) is 10.9 Å². The van der Waals surface area contributed by atoms with Crippen LogP contribution in [-0.2, 0) is 14.2 Å². The summed E-state index contributed by atoms with van der Waals surface area (Å²) in [7, 11) is 5.30. The lowest BCUT2D eigenvalue weighted by Gasteiger charge is -2.21. The van der Waals surface area contributed by atoms with E-state index in [1.807, 2.05) is 7.05 Å². The molecule has 1 aliphatic heterocycles. The number of hydrogen-bond donors (Lipinski definition) is 1. The Bertz CT molecular complexity index is 287. The number of rotatable bonds is 10. The summed E-state index contributed by atoms with van der Waals surface area (Å²) in [6.07, 6.45) is 3.32. The molecule has 21 heavy (non-hydrogen) atoms. The van der Waals surface area contributed by atoms with E-state index in [0.29, 0.717) is 19.1 Å². The lowest BCUT2D eigenvalue weighted by atomic mass is 10.1. The molecule has 1 aliphatic rings. The molecule has 0 spiro atoms. The Morgan fingerprint density at radius 3 is 2.76 bits per heavy atom. The molecule has 124 valence electrons. The molecular formula is C15H31N3O3. The van der Waals surface area contributed by atoms with Crippen LogP contribution in [0.15, 0.2) is 4.99 Å². The summed E-state index contributed by atoms with van der Waals surface area (Å²) >= 11 is 0. The van der Waals surface area contributed by atoms with E-state index in [-0.39, 0.29) is 0 Å². The van der Waals surface area contributed by atoms with Gasteiger partial charge < -0.3 is 24.4 Å². The average molecular weight is 301 g/mol. The maximum Gasteiger partial charge on any atom is 0.193 e. The molecule has 1 saturated heterocycles. The average Bonchev–Trinajstić information content (AvgIpc) is 2.95. The molecule has 0 aromatic heterocycles. The van der Waals surface area contributed by atoms with E-state index in [2.05, 4.69) is 15.2 Å². The van der Waals surface area contributed by atoms with Crippen LogP contribution in [-0.4, -0.2) is 78.2 Å². The van der Waals surface area contributed by atoms with Crippen LogP contribution in [0.5, 0.6) is 0 Å². The molecule has 1 N–H and O–H groups in total. The van der Waals surface area contributed by atoms with Crippen LogP contribution in [0, 0.1) is 5.92 Å². The first-order chi connectivity index (χ1) is 10.3. The van der Waals surface area contributed by atoms with Gasteiger partial charge in [0.05, 0.1) is 19.8 Å². The van der Waals surface area contributed by atoms with Crippen LogP contribution >= 0.6 is 0 Å². The predicted molar refractivity (Wildman–Crippen MR) is 84.8 cm³/mol. The Labute approximate surface area is 128 Å². The maximum absolute atomic E-state index is 5.44. The molecule has 0 radical (unpaired) electrons. The fourth-order valence-corrected chi connectivity index (χ4v) is 2.50. The molecule has 0 aromatic carbocycles. The van der Waals surface area contributed by atoms with Gasteiger partial charge in [-0.2, -0.15) is 0 Å². The SMILES string of the molecule is CN=C(NCCCCOCCOC)N1CCC(COC)C1. The lowest BCUT2D eigenvalue weighted by Crippen LogP contribution is -2.40. The number of ether oxygens (including phenoxy) is 3. The minimum absolute atomic E-state index is 0.628. The number of guanidine groups is 1. The van der Waals surface area contributed by atoms with Gasteiger partial charge in [0, 0.05) is 53.4 Å². The maximum atomic E-state index is 5.44. The van der Waals surface area contributed by atoms with Crippen LogP contribution in [0.2, 0.25) is 0 Å². The molecule has 0 amide bonds. The number of methoxy groups -OCH3 is 2. The number of nitrogens with zero attached hydrogens (tertiary/aromatic N) is 2. The third-order valence-corrected chi connectivity index (χ3v) is 3.63. The Hall–Kier alpha value is -0.850. The topological polar surface area (TPSA) is 55.3 Å². The van der Waals surface area contributed by atoms with Crippen molar-refractivity contribution in [3.8, 4) is 0 Å². The Balaban J connectivity index is 2.07. The van der Waals surface area contributed by atoms with E-state index >= 15 is 0 Å². The first-order valence-corrected chi connectivity index (χ1v) is 7.83. The minimum atomic E-state index is 0.628.